The second-order valence-corrected chi connectivity index (χ2v) is 9.41. The molecule has 0 saturated heterocycles. The molecule has 0 atom stereocenters. The van der Waals surface area contributed by atoms with E-state index in [4.69, 9.17) is 17.3 Å². The standard InChI is InChI=1S/C22H26N4OS/c1-14(27)18-2-4-19(5-3-18)23-21(28)24-20-6-7-26(25-20)22-11-15-8-16(12-22)10-17(9-15)13-22/h2-7,15-17H,8-13H2,1H3,(H2,23,24,25,28). The van der Waals surface area contributed by atoms with Crippen LogP contribution >= 0.6 is 12.2 Å². The highest BCUT2D eigenvalue weighted by atomic mass is 32.1. The van der Waals surface area contributed by atoms with Crippen LogP contribution in [0, 0.1) is 17.8 Å². The van der Waals surface area contributed by atoms with Gasteiger partial charge in [-0.05, 0) is 99.7 Å². The normalized spacial score (nSPS) is 30.2. The van der Waals surface area contributed by atoms with E-state index in [0.29, 0.717) is 10.7 Å². The van der Waals surface area contributed by atoms with Gasteiger partial charge in [-0.15, -0.1) is 0 Å². The summed E-state index contributed by atoms with van der Waals surface area (Å²) < 4.78 is 2.23. The van der Waals surface area contributed by atoms with Crippen LogP contribution in [-0.4, -0.2) is 20.7 Å². The Hall–Kier alpha value is -2.21. The van der Waals surface area contributed by atoms with E-state index in [1.54, 1.807) is 19.1 Å². The largest absolute Gasteiger partial charge is 0.332 e. The Bertz CT molecular complexity index is 882. The first kappa shape index (κ1) is 17.9. The first-order valence-corrected chi connectivity index (χ1v) is 10.7. The fraction of sp³-hybridized carbons (Fsp3) is 0.500. The molecule has 146 valence electrons. The number of nitrogens with zero attached hydrogens (tertiary/aromatic N) is 2. The maximum Gasteiger partial charge on any atom is 0.176 e. The van der Waals surface area contributed by atoms with E-state index in [2.05, 4.69) is 21.5 Å². The molecule has 0 amide bonds. The summed E-state index contributed by atoms with van der Waals surface area (Å²) in [6.07, 6.45) is 10.3. The quantitative estimate of drug-likeness (QED) is 0.575. The van der Waals surface area contributed by atoms with Gasteiger partial charge in [0.2, 0.25) is 0 Å². The van der Waals surface area contributed by atoms with Crippen molar-refractivity contribution in [2.75, 3.05) is 10.6 Å². The molecule has 0 spiro atoms. The predicted molar refractivity (Wildman–Crippen MR) is 115 cm³/mol. The summed E-state index contributed by atoms with van der Waals surface area (Å²) in [4.78, 5) is 11.4. The molecule has 4 aliphatic rings. The SMILES string of the molecule is CC(=O)c1ccc(NC(=S)Nc2ccn(C34CC5CC(CC(C5)C3)C4)n2)cc1. The lowest BCUT2D eigenvalue weighted by Gasteiger charge is -2.56. The summed E-state index contributed by atoms with van der Waals surface area (Å²) in [5, 5.41) is 11.7. The molecule has 5 nitrogen and oxygen atoms in total. The lowest BCUT2D eigenvalue weighted by atomic mass is 9.53. The summed E-state index contributed by atoms with van der Waals surface area (Å²) >= 11 is 5.44. The molecule has 4 bridgehead atoms. The third-order valence-corrected chi connectivity index (χ3v) is 7.08. The molecule has 6 rings (SSSR count). The number of anilines is 2. The van der Waals surface area contributed by atoms with Gasteiger partial charge in [-0.3, -0.25) is 9.48 Å². The minimum absolute atomic E-state index is 0.0578. The van der Waals surface area contributed by atoms with E-state index in [1.807, 2.05) is 18.2 Å². The van der Waals surface area contributed by atoms with Gasteiger partial charge in [-0.25, -0.2) is 0 Å². The Labute approximate surface area is 170 Å². The van der Waals surface area contributed by atoms with Crippen LogP contribution in [0.4, 0.5) is 11.5 Å². The lowest BCUT2D eigenvalue weighted by Crippen LogP contribution is -2.52. The zero-order valence-electron chi connectivity index (χ0n) is 16.1. The Morgan fingerprint density at radius 1 is 1.04 bits per heavy atom. The van der Waals surface area contributed by atoms with Crippen molar-refractivity contribution in [1.29, 1.82) is 0 Å². The molecule has 0 radical (unpaired) electrons. The molecule has 4 fully saturated rings. The van der Waals surface area contributed by atoms with E-state index in [-0.39, 0.29) is 11.3 Å². The first-order valence-electron chi connectivity index (χ1n) is 10.2. The lowest BCUT2D eigenvalue weighted by molar-refractivity contribution is -0.0492. The van der Waals surface area contributed by atoms with Crippen molar-refractivity contribution >= 4 is 34.6 Å². The van der Waals surface area contributed by atoms with Gasteiger partial charge in [0.25, 0.3) is 0 Å². The van der Waals surface area contributed by atoms with Crippen molar-refractivity contribution < 1.29 is 4.79 Å². The van der Waals surface area contributed by atoms with Crippen LogP contribution in [0.15, 0.2) is 36.5 Å². The number of Topliss-reactive ketones (excluding diaryl/α,β-unsaturated/α-hetero) is 1. The number of ketones is 1. The molecule has 0 aliphatic heterocycles. The van der Waals surface area contributed by atoms with Gasteiger partial charge >= 0.3 is 0 Å². The molecule has 0 unspecified atom stereocenters. The minimum Gasteiger partial charge on any atom is -0.332 e. The zero-order chi connectivity index (χ0) is 19.3. The molecule has 4 aliphatic carbocycles. The second kappa shape index (κ2) is 6.69. The maximum atomic E-state index is 11.4. The van der Waals surface area contributed by atoms with Crippen molar-refractivity contribution in [1.82, 2.24) is 9.78 Å². The van der Waals surface area contributed by atoms with E-state index in [0.717, 1.165) is 29.3 Å². The fourth-order valence-corrected chi connectivity index (χ4v) is 6.29. The average molecular weight is 395 g/mol. The number of carbonyl (C=O) groups is 1. The fourth-order valence-electron chi connectivity index (χ4n) is 6.07. The maximum absolute atomic E-state index is 11.4. The molecule has 28 heavy (non-hydrogen) atoms. The van der Waals surface area contributed by atoms with Gasteiger partial charge in [0.1, 0.15) is 0 Å². The second-order valence-electron chi connectivity index (χ2n) is 9.00. The number of thiocarbonyl (C=S) groups is 1. The predicted octanol–water partition coefficient (Wildman–Crippen LogP) is 4.82. The summed E-state index contributed by atoms with van der Waals surface area (Å²) in [6, 6.07) is 9.34. The average Bonchev–Trinajstić information content (AvgIpc) is 3.10. The Morgan fingerprint density at radius 3 is 2.21 bits per heavy atom. The van der Waals surface area contributed by atoms with Gasteiger partial charge in [0, 0.05) is 23.5 Å². The van der Waals surface area contributed by atoms with Crippen molar-refractivity contribution in [3.63, 3.8) is 0 Å². The highest BCUT2D eigenvalue weighted by Crippen LogP contribution is 2.58. The number of rotatable bonds is 4. The van der Waals surface area contributed by atoms with Crippen molar-refractivity contribution in [2.24, 2.45) is 17.8 Å². The third kappa shape index (κ3) is 3.24. The number of carbonyl (C=O) groups excluding carboxylic acids is 1. The van der Waals surface area contributed by atoms with Gasteiger partial charge in [0.15, 0.2) is 16.7 Å². The summed E-state index contributed by atoms with van der Waals surface area (Å²) in [5.74, 6) is 3.53. The van der Waals surface area contributed by atoms with Crippen LogP contribution in [0.5, 0.6) is 0 Å². The molecule has 1 aromatic heterocycles. The monoisotopic (exact) mass is 394 g/mol. The molecule has 4 saturated carbocycles. The third-order valence-electron chi connectivity index (χ3n) is 6.87. The number of hydrogen-bond donors (Lipinski definition) is 2. The first-order chi connectivity index (χ1) is 13.5. The van der Waals surface area contributed by atoms with Crippen molar-refractivity contribution in [3.8, 4) is 0 Å². The van der Waals surface area contributed by atoms with Gasteiger partial charge in [-0.2, -0.15) is 5.10 Å². The van der Waals surface area contributed by atoms with Crippen molar-refractivity contribution in [2.45, 2.75) is 51.0 Å². The van der Waals surface area contributed by atoms with Crippen LogP contribution < -0.4 is 10.6 Å². The molecular formula is C22H26N4OS. The van der Waals surface area contributed by atoms with Gasteiger partial charge in [0.05, 0.1) is 5.54 Å². The van der Waals surface area contributed by atoms with E-state index in [1.165, 1.54) is 38.5 Å². The number of aromatic nitrogens is 2. The molecule has 2 aromatic rings. The Kier molecular flexibility index (Phi) is 4.27. The van der Waals surface area contributed by atoms with Crippen LogP contribution in [0.3, 0.4) is 0 Å². The molecule has 1 heterocycles. The zero-order valence-corrected chi connectivity index (χ0v) is 17.0. The Morgan fingerprint density at radius 2 is 1.64 bits per heavy atom. The smallest absolute Gasteiger partial charge is 0.176 e. The molecule has 1 aromatic carbocycles. The number of benzene rings is 1. The van der Waals surface area contributed by atoms with Crippen LogP contribution in [0.25, 0.3) is 0 Å². The van der Waals surface area contributed by atoms with E-state index >= 15 is 0 Å². The number of hydrogen-bond acceptors (Lipinski definition) is 3. The van der Waals surface area contributed by atoms with Crippen LogP contribution in [0.1, 0.15) is 55.8 Å². The summed E-state index contributed by atoms with van der Waals surface area (Å²) in [5.41, 5.74) is 1.77. The van der Waals surface area contributed by atoms with Gasteiger partial charge in [-0.1, -0.05) is 0 Å². The summed E-state index contributed by atoms with van der Waals surface area (Å²) in [6.45, 7) is 1.56. The van der Waals surface area contributed by atoms with Crippen molar-refractivity contribution in [3.05, 3.63) is 42.1 Å². The Balaban J connectivity index is 1.25. The van der Waals surface area contributed by atoms with E-state index in [9.17, 15) is 4.79 Å². The highest BCUT2D eigenvalue weighted by Gasteiger charge is 2.52. The van der Waals surface area contributed by atoms with Crippen LogP contribution in [-0.2, 0) is 5.54 Å². The summed E-state index contributed by atoms with van der Waals surface area (Å²) in [7, 11) is 0. The number of nitrogens with one attached hydrogen (secondary N) is 2. The van der Waals surface area contributed by atoms with E-state index < -0.39 is 0 Å². The highest BCUT2D eigenvalue weighted by molar-refractivity contribution is 7.80. The topological polar surface area (TPSA) is 59.0 Å². The van der Waals surface area contributed by atoms with Crippen LogP contribution in [0.2, 0.25) is 0 Å². The van der Waals surface area contributed by atoms with Gasteiger partial charge < -0.3 is 10.6 Å². The molecule has 6 heteroatoms. The molecule has 2 N–H and O–H groups in total. The minimum atomic E-state index is 0.0578. The molecular weight excluding hydrogens is 368 g/mol.